The maximum Gasteiger partial charge on any atom is 0.306 e. The predicted octanol–water partition coefficient (Wildman–Crippen LogP) is 2.37. The van der Waals surface area contributed by atoms with E-state index in [2.05, 4.69) is 0 Å². The molecule has 13 heavy (non-hydrogen) atoms. The normalized spacial score (nSPS) is 21.6. The van der Waals surface area contributed by atoms with Gasteiger partial charge in [0.05, 0.1) is 0 Å². The zero-order valence-corrected chi connectivity index (χ0v) is 7.62. The Balaban J connectivity index is 2.17. The smallest absolute Gasteiger partial charge is 0.306 e. The first kappa shape index (κ1) is 8.30. The van der Waals surface area contributed by atoms with Gasteiger partial charge in [-0.2, -0.15) is 0 Å². The standard InChI is InChI=1S/C11H12O2/c1-8-2-4-9(5-3-8)10-6-7-11(12)13-10/h2-5,10H,6-7H2,1H3/t10-/m0/s1. The number of benzene rings is 1. The first-order valence-corrected chi connectivity index (χ1v) is 4.52. The lowest BCUT2D eigenvalue weighted by Crippen LogP contribution is -1.98. The molecule has 68 valence electrons. The predicted molar refractivity (Wildman–Crippen MR) is 49.2 cm³/mol. The summed E-state index contributed by atoms with van der Waals surface area (Å²) in [5.41, 5.74) is 2.34. The molecule has 0 spiro atoms. The zero-order chi connectivity index (χ0) is 9.26. The van der Waals surface area contributed by atoms with Crippen molar-refractivity contribution < 1.29 is 9.53 Å². The fourth-order valence-electron chi connectivity index (χ4n) is 1.54. The van der Waals surface area contributed by atoms with Crippen LogP contribution in [0.25, 0.3) is 0 Å². The van der Waals surface area contributed by atoms with Crippen molar-refractivity contribution in [1.82, 2.24) is 0 Å². The molecule has 1 aliphatic heterocycles. The molecule has 2 rings (SSSR count). The second kappa shape index (κ2) is 3.21. The number of hydrogen-bond acceptors (Lipinski definition) is 2. The summed E-state index contributed by atoms with van der Waals surface area (Å²) in [5.74, 6) is -0.0782. The number of ether oxygens (including phenoxy) is 1. The van der Waals surface area contributed by atoms with Crippen LogP contribution in [0, 0.1) is 6.92 Å². The Morgan fingerprint density at radius 3 is 2.54 bits per heavy atom. The molecule has 0 radical (unpaired) electrons. The van der Waals surface area contributed by atoms with Gasteiger partial charge in [-0.25, -0.2) is 0 Å². The Morgan fingerprint density at radius 2 is 2.00 bits per heavy atom. The van der Waals surface area contributed by atoms with Gasteiger partial charge in [0, 0.05) is 6.42 Å². The molecule has 0 aromatic heterocycles. The lowest BCUT2D eigenvalue weighted by molar-refractivity contribution is -0.141. The van der Waals surface area contributed by atoms with Gasteiger partial charge in [-0.3, -0.25) is 4.79 Å². The molecule has 0 unspecified atom stereocenters. The lowest BCUT2D eigenvalue weighted by atomic mass is 10.1. The number of carbonyl (C=O) groups excluding carboxylic acids is 1. The molecule has 1 aliphatic rings. The summed E-state index contributed by atoms with van der Waals surface area (Å²) in [6.07, 6.45) is 1.37. The highest BCUT2D eigenvalue weighted by Crippen LogP contribution is 2.29. The molecule has 1 aromatic rings. The van der Waals surface area contributed by atoms with Crippen LogP contribution in [0.4, 0.5) is 0 Å². The Kier molecular flexibility index (Phi) is 2.05. The first-order chi connectivity index (χ1) is 6.25. The minimum atomic E-state index is -0.0782. The van der Waals surface area contributed by atoms with Crippen LogP contribution in [0.2, 0.25) is 0 Å². The summed E-state index contributed by atoms with van der Waals surface area (Å²) in [4.78, 5) is 10.9. The van der Waals surface area contributed by atoms with E-state index < -0.39 is 0 Å². The fourth-order valence-corrected chi connectivity index (χ4v) is 1.54. The summed E-state index contributed by atoms with van der Waals surface area (Å²) < 4.78 is 5.15. The van der Waals surface area contributed by atoms with Gasteiger partial charge in [0.25, 0.3) is 0 Å². The van der Waals surface area contributed by atoms with Crippen molar-refractivity contribution in [3.8, 4) is 0 Å². The van der Waals surface area contributed by atoms with Crippen LogP contribution >= 0.6 is 0 Å². The van der Waals surface area contributed by atoms with E-state index in [-0.39, 0.29) is 12.1 Å². The molecule has 0 bridgehead atoms. The molecular formula is C11H12O2. The van der Waals surface area contributed by atoms with Crippen molar-refractivity contribution >= 4 is 5.97 Å². The number of cyclic esters (lactones) is 1. The number of aryl methyl sites for hydroxylation is 1. The van der Waals surface area contributed by atoms with Crippen molar-refractivity contribution in [3.63, 3.8) is 0 Å². The third-order valence-corrected chi connectivity index (χ3v) is 2.33. The lowest BCUT2D eigenvalue weighted by Gasteiger charge is -2.08. The minimum absolute atomic E-state index is 0.00639. The fraction of sp³-hybridized carbons (Fsp3) is 0.364. The summed E-state index contributed by atoms with van der Waals surface area (Å²) in [7, 11) is 0. The average molecular weight is 176 g/mol. The zero-order valence-electron chi connectivity index (χ0n) is 7.62. The largest absolute Gasteiger partial charge is 0.457 e. The van der Waals surface area contributed by atoms with Crippen molar-refractivity contribution in [3.05, 3.63) is 35.4 Å². The van der Waals surface area contributed by atoms with Crippen molar-refractivity contribution in [1.29, 1.82) is 0 Å². The Labute approximate surface area is 77.5 Å². The molecule has 1 saturated heterocycles. The minimum Gasteiger partial charge on any atom is -0.457 e. The number of carbonyl (C=O) groups is 1. The topological polar surface area (TPSA) is 26.3 Å². The van der Waals surface area contributed by atoms with E-state index >= 15 is 0 Å². The van der Waals surface area contributed by atoms with Gasteiger partial charge in [-0.1, -0.05) is 29.8 Å². The Bertz CT molecular complexity index is 313. The summed E-state index contributed by atoms with van der Waals surface area (Å²) in [6, 6.07) is 8.14. The second-order valence-electron chi connectivity index (χ2n) is 3.43. The third kappa shape index (κ3) is 1.72. The molecule has 0 amide bonds. The number of rotatable bonds is 1. The van der Waals surface area contributed by atoms with Crippen LogP contribution < -0.4 is 0 Å². The molecule has 1 heterocycles. The van der Waals surface area contributed by atoms with E-state index in [9.17, 15) is 4.79 Å². The van der Waals surface area contributed by atoms with Gasteiger partial charge in [-0.05, 0) is 18.9 Å². The molecule has 0 aliphatic carbocycles. The van der Waals surface area contributed by atoms with Crippen LogP contribution in [0.15, 0.2) is 24.3 Å². The van der Waals surface area contributed by atoms with Crippen molar-refractivity contribution in [2.75, 3.05) is 0 Å². The number of hydrogen-bond donors (Lipinski definition) is 0. The maximum absolute atomic E-state index is 10.9. The van der Waals surface area contributed by atoms with E-state index in [0.717, 1.165) is 12.0 Å². The van der Waals surface area contributed by atoms with Gasteiger partial charge in [-0.15, -0.1) is 0 Å². The SMILES string of the molecule is Cc1ccc([C@@H]2CCC(=O)O2)cc1. The van der Waals surface area contributed by atoms with Gasteiger partial charge in [0.1, 0.15) is 6.10 Å². The van der Waals surface area contributed by atoms with E-state index in [0.29, 0.717) is 6.42 Å². The quantitative estimate of drug-likeness (QED) is 0.614. The van der Waals surface area contributed by atoms with Crippen LogP contribution in [-0.2, 0) is 9.53 Å². The van der Waals surface area contributed by atoms with Crippen LogP contribution in [0.1, 0.15) is 30.1 Å². The molecule has 1 atom stereocenters. The molecule has 0 saturated carbocycles. The highest BCUT2D eigenvalue weighted by atomic mass is 16.5. The maximum atomic E-state index is 10.9. The molecular weight excluding hydrogens is 164 g/mol. The van der Waals surface area contributed by atoms with Gasteiger partial charge < -0.3 is 4.74 Å². The van der Waals surface area contributed by atoms with Crippen molar-refractivity contribution in [2.24, 2.45) is 0 Å². The Hall–Kier alpha value is -1.31. The van der Waals surface area contributed by atoms with E-state index in [1.165, 1.54) is 5.56 Å². The van der Waals surface area contributed by atoms with Crippen LogP contribution in [0.3, 0.4) is 0 Å². The Morgan fingerprint density at radius 1 is 1.31 bits per heavy atom. The molecule has 2 nitrogen and oxygen atoms in total. The molecule has 2 heteroatoms. The van der Waals surface area contributed by atoms with E-state index in [1.54, 1.807) is 0 Å². The summed E-state index contributed by atoms with van der Waals surface area (Å²) in [5, 5.41) is 0. The first-order valence-electron chi connectivity index (χ1n) is 4.52. The van der Waals surface area contributed by atoms with Crippen LogP contribution in [0.5, 0.6) is 0 Å². The third-order valence-electron chi connectivity index (χ3n) is 2.33. The number of esters is 1. The average Bonchev–Trinajstić information content (AvgIpc) is 2.53. The van der Waals surface area contributed by atoms with E-state index in [1.807, 2.05) is 31.2 Å². The summed E-state index contributed by atoms with van der Waals surface area (Å²) >= 11 is 0. The van der Waals surface area contributed by atoms with Gasteiger partial charge >= 0.3 is 5.97 Å². The molecule has 1 aromatic carbocycles. The highest BCUT2D eigenvalue weighted by Gasteiger charge is 2.24. The van der Waals surface area contributed by atoms with Gasteiger partial charge in [0.2, 0.25) is 0 Å². The van der Waals surface area contributed by atoms with Crippen molar-refractivity contribution in [2.45, 2.75) is 25.9 Å². The molecule has 0 N–H and O–H groups in total. The van der Waals surface area contributed by atoms with Gasteiger partial charge in [0.15, 0.2) is 0 Å². The van der Waals surface area contributed by atoms with Crippen LogP contribution in [-0.4, -0.2) is 5.97 Å². The monoisotopic (exact) mass is 176 g/mol. The van der Waals surface area contributed by atoms with E-state index in [4.69, 9.17) is 4.74 Å². The summed E-state index contributed by atoms with van der Waals surface area (Å²) in [6.45, 7) is 2.05. The molecule has 1 fully saturated rings. The highest BCUT2D eigenvalue weighted by molar-refractivity contribution is 5.71. The second-order valence-corrected chi connectivity index (χ2v) is 3.43.